The molecule has 31 heavy (non-hydrogen) atoms. The third-order valence-electron chi connectivity index (χ3n) is 5.53. The smallest absolute Gasteiger partial charge is 0.251 e. The van der Waals surface area contributed by atoms with Crippen LogP contribution in [-0.2, 0) is 10.0 Å². The van der Waals surface area contributed by atoms with E-state index in [0.29, 0.717) is 18.9 Å². The Bertz CT molecular complexity index is 1180. The van der Waals surface area contributed by atoms with Crippen LogP contribution in [0.1, 0.15) is 48.9 Å². The fraction of sp³-hybridized carbons (Fsp3) is 0.364. The molecule has 4 rings (SSSR count). The SMILES string of the molecule is CC(C)C(NC(=O)c1ccc(F)c(S(=O)(=O)N2CCCC2)c1)c1nc2ccccc2[nH]1. The number of H-pyrrole nitrogens is 1. The molecular weight excluding hydrogens is 419 g/mol. The number of nitrogens with zero attached hydrogens (tertiary/aromatic N) is 2. The number of nitrogens with one attached hydrogen (secondary N) is 2. The first-order chi connectivity index (χ1) is 14.8. The molecule has 0 bridgehead atoms. The second-order valence-electron chi connectivity index (χ2n) is 8.09. The van der Waals surface area contributed by atoms with Crippen LogP contribution in [-0.4, -0.2) is 41.7 Å². The van der Waals surface area contributed by atoms with E-state index in [2.05, 4.69) is 15.3 Å². The van der Waals surface area contributed by atoms with E-state index in [0.717, 1.165) is 36.0 Å². The van der Waals surface area contributed by atoms with Gasteiger partial charge < -0.3 is 10.3 Å². The first kappa shape index (κ1) is 21.5. The number of para-hydroxylation sites is 2. The van der Waals surface area contributed by atoms with Crippen LogP contribution in [0.4, 0.5) is 4.39 Å². The predicted octanol–water partition coefficient (Wildman–Crippen LogP) is 3.61. The number of sulfonamides is 1. The highest BCUT2D eigenvalue weighted by Crippen LogP contribution is 2.26. The van der Waals surface area contributed by atoms with Gasteiger partial charge in [0.25, 0.3) is 5.91 Å². The summed E-state index contributed by atoms with van der Waals surface area (Å²) in [7, 11) is -3.98. The molecule has 1 saturated heterocycles. The number of aromatic nitrogens is 2. The first-order valence-electron chi connectivity index (χ1n) is 10.3. The lowest BCUT2D eigenvalue weighted by atomic mass is 10.0. The molecule has 0 radical (unpaired) electrons. The van der Waals surface area contributed by atoms with Crippen LogP contribution in [0.2, 0.25) is 0 Å². The van der Waals surface area contributed by atoms with Crippen molar-refractivity contribution in [2.24, 2.45) is 5.92 Å². The summed E-state index contributed by atoms with van der Waals surface area (Å²) >= 11 is 0. The van der Waals surface area contributed by atoms with E-state index in [9.17, 15) is 17.6 Å². The van der Waals surface area contributed by atoms with Crippen molar-refractivity contribution in [3.05, 3.63) is 59.7 Å². The molecule has 1 atom stereocenters. The Labute approximate surface area is 180 Å². The first-order valence-corrected chi connectivity index (χ1v) is 11.8. The summed E-state index contributed by atoms with van der Waals surface area (Å²) in [5.41, 5.74) is 1.73. The Balaban J connectivity index is 1.62. The van der Waals surface area contributed by atoms with Gasteiger partial charge in [-0.2, -0.15) is 4.31 Å². The maximum absolute atomic E-state index is 14.4. The number of amides is 1. The van der Waals surface area contributed by atoms with Crippen LogP contribution in [0, 0.1) is 11.7 Å². The zero-order valence-corrected chi connectivity index (χ0v) is 18.2. The van der Waals surface area contributed by atoms with Gasteiger partial charge in [0.2, 0.25) is 10.0 Å². The number of rotatable bonds is 6. The number of carbonyl (C=O) groups excluding carboxylic acids is 1. The third kappa shape index (κ3) is 4.20. The van der Waals surface area contributed by atoms with Crippen molar-refractivity contribution < 1.29 is 17.6 Å². The topological polar surface area (TPSA) is 95.2 Å². The van der Waals surface area contributed by atoms with Gasteiger partial charge in [-0.25, -0.2) is 17.8 Å². The van der Waals surface area contributed by atoms with Gasteiger partial charge in [-0.15, -0.1) is 0 Å². The van der Waals surface area contributed by atoms with E-state index in [4.69, 9.17) is 0 Å². The number of hydrogen-bond acceptors (Lipinski definition) is 4. The molecule has 0 saturated carbocycles. The van der Waals surface area contributed by atoms with Crippen molar-refractivity contribution in [1.82, 2.24) is 19.6 Å². The number of imidazole rings is 1. The van der Waals surface area contributed by atoms with Gasteiger partial charge in [-0.05, 0) is 49.1 Å². The second-order valence-corrected chi connectivity index (χ2v) is 10.00. The molecule has 0 aliphatic carbocycles. The maximum atomic E-state index is 14.4. The fourth-order valence-corrected chi connectivity index (χ4v) is 5.41. The zero-order valence-electron chi connectivity index (χ0n) is 17.4. The van der Waals surface area contributed by atoms with Crippen LogP contribution < -0.4 is 5.32 Å². The normalized spacial score (nSPS) is 16.1. The molecule has 1 amide bonds. The summed E-state index contributed by atoms with van der Waals surface area (Å²) in [6, 6.07) is 10.6. The van der Waals surface area contributed by atoms with E-state index in [-0.39, 0.29) is 11.5 Å². The molecule has 3 aromatic rings. The number of aromatic amines is 1. The van der Waals surface area contributed by atoms with Crippen molar-refractivity contribution in [1.29, 1.82) is 0 Å². The molecule has 1 aromatic heterocycles. The Morgan fingerprint density at radius 3 is 2.55 bits per heavy atom. The van der Waals surface area contributed by atoms with E-state index < -0.39 is 32.7 Å². The number of fused-ring (bicyclic) bond motifs is 1. The predicted molar refractivity (Wildman–Crippen MR) is 116 cm³/mol. The van der Waals surface area contributed by atoms with Crippen LogP contribution in [0.3, 0.4) is 0 Å². The number of benzene rings is 2. The zero-order chi connectivity index (χ0) is 22.2. The lowest BCUT2D eigenvalue weighted by Gasteiger charge is -2.21. The minimum atomic E-state index is -3.98. The van der Waals surface area contributed by atoms with Gasteiger partial charge in [0.1, 0.15) is 16.5 Å². The van der Waals surface area contributed by atoms with Gasteiger partial charge in [-0.3, -0.25) is 4.79 Å². The minimum Gasteiger partial charge on any atom is -0.342 e. The van der Waals surface area contributed by atoms with Crippen molar-refractivity contribution in [2.75, 3.05) is 13.1 Å². The van der Waals surface area contributed by atoms with Crippen LogP contribution in [0.5, 0.6) is 0 Å². The van der Waals surface area contributed by atoms with Crippen molar-refractivity contribution >= 4 is 27.0 Å². The molecule has 1 aliphatic rings. The summed E-state index contributed by atoms with van der Waals surface area (Å²) in [4.78, 5) is 20.3. The summed E-state index contributed by atoms with van der Waals surface area (Å²) in [6.07, 6.45) is 1.49. The van der Waals surface area contributed by atoms with E-state index >= 15 is 0 Å². The molecule has 9 heteroatoms. The van der Waals surface area contributed by atoms with E-state index in [1.54, 1.807) is 0 Å². The highest BCUT2D eigenvalue weighted by atomic mass is 32.2. The van der Waals surface area contributed by atoms with Gasteiger partial charge in [0, 0.05) is 18.7 Å². The highest BCUT2D eigenvalue weighted by molar-refractivity contribution is 7.89. The molecular formula is C22H25FN4O3S. The Morgan fingerprint density at radius 1 is 1.16 bits per heavy atom. The molecule has 164 valence electrons. The minimum absolute atomic E-state index is 0.0118. The van der Waals surface area contributed by atoms with Crippen molar-refractivity contribution in [2.45, 2.75) is 37.6 Å². The van der Waals surface area contributed by atoms with Gasteiger partial charge in [0.05, 0.1) is 17.1 Å². The van der Waals surface area contributed by atoms with Gasteiger partial charge in [-0.1, -0.05) is 26.0 Å². The molecule has 2 heterocycles. The maximum Gasteiger partial charge on any atom is 0.251 e. The van der Waals surface area contributed by atoms with Gasteiger partial charge in [0.15, 0.2) is 0 Å². The standard InChI is InChI=1S/C22H25FN4O3S/c1-14(2)20(21-24-17-7-3-4-8-18(17)25-21)26-22(28)15-9-10-16(23)19(13-15)31(29,30)27-11-5-6-12-27/h3-4,7-10,13-14,20H,5-6,11-12H2,1-2H3,(H,24,25)(H,26,28). The molecule has 2 aromatic carbocycles. The molecule has 1 unspecified atom stereocenters. The van der Waals surface area contributed by atoms with Crippen molar-refractivity contribution in [3.8, 4) is 0 Å². The largest absolute Gasteiger partial charge is 0.342 e. The number of hydrogen-bond donors (Lipinski definition) is 2. The molecule has 1 aliphatic heterocycles. The fourth-order valence-electron chi connectivity index (χ4n) is 3.80. The van der Waals surface area contributed by atoms with Crippen LogP contribution >= 0.6 is 0 Å². The summed E-state index contributed by atoms with van der Waals surface area (Å²) in [5.74, 6) is -0.729. The van der Waals surface area contributed by atoms with E-state index in [1.165, 1.54) is 10.4 Å². The molecule has 2 N–H and O–H groups in total. The molecule has 1 fully saturated rings. The van der Waals surface area contributed by atoms with Crippen LogP contribution in [0.15, 0.2) is 47.4 Å². The Morgan fingerprint density at radius 2 is 1.87 bits per heavy atom. The average molecular weight is 445 g/mol. The summed E-state index contributed by atoms with van der Waals surface area (Å²) in [5, 5.41) is 2.91. The van der Waals surface area contributed by atoms with Crippen molar-refractivity contribution in [3.63, 3.8) is 0 Å². The lowest BCUT2D eigenvalue weighted by Crippen LogP contribution is -2.33. The average Bonchev–Trinajstić information content (AvgIpc) is 3.41. The molecule has 0 spiro atoms. The highest BCUT2D eigenvalue weighted by Gasteiger charge is 2.31. The quantitative estimate of drug-likeness (QED) is 0.607. The monoisotopic (exact) mass is 444 g/mol. The van der Waals surface area contributed by atoms with E-state index in [1.807, 2.05) is 38.1 Å². The Kier molecular flexibility index (Phi) is 5.81. The lowest BCUT2D eigenvalue weighted by molar-refractivity contribution is 0.0923. The molecule has 7 nitrogen and oxygen atoms in total. The van der Waals surface area contributed by atoms with Gasteiger partial charge >= 0.3 is 0 Å². The summed E-state index contributed by atoms with van der Waals surface area (Å²) < 4.78 is 41.3. The number of halogens is 1. The third-order valence-corrected chi connectivity index (χ3v) is 7.45. The second kappa shape index (κ2) is 8.39. The van der Waals surface area contributed by atoms with Crippen LogP contribution in [0.25, 0.3) is 11.0 Å². The Hall–Kier alpha value is -2.78. The summed E-state index contributed by atoms with van der Waals surface area (Å²) in [6.45, 7) is 4.62. The number of carbonyl (C=O) groups is 1.